The summed E-state index contributed by atoms with van der Waals surface area (Å²) < 4.78 is 0. The van der Waals surface area contributed by atoms with Crippen molar-refractivity contribution in [2.75, 3.05) is 0 Å². The Balaban J connectivity index is 1.67. The first-order valence-corrected chi connectivity index (χ1v) is 10.1. The Morgan fingerprint density at radius 2 is 1.14 bits per heavy atom. The van der Waals surface area contributed by atoms with Crippen LogP contribution in [-0.4, -0.2) is 0 Å². The van der Waals surface area contributed by atoms with Crippen LogP contribution in [0.1, 0.15) is 105 Å². The average Bonchev–Trinajstić information content (AvgIpc) is 2.54. The van der Waals surface area contributed by atoms with Crippen LogP contribution in [0.2, 0.25) is 0 Å². The second kappa shape index (κ2) is 8.02. The van der Waals surface area contributed by atoms with Crippen molar-refractivity contribution in [3.05, 3.63) is 0 Å². The van der Waals surface area contributed by atoms with E-state index in [1.807, 2.05) is 0 Å². The highest BCUT2D eigenvalue weighted by molar-refractivity contribution is 4.85. The first-order valence-electron chi connectivity index (χ1n) is 10.1. The zero-order valence-corrected chi connectivity index (χ0v) is 15.3. The van der Waals surface area contributed by atoms with E-state index in [-0.39, 0.29) is 0 Å². The van der Waals surface area contributed by atoms with Gasteiger partial charge in [0.05, 0.1) is 0 Å². The summed E-state index contributed by atoms with van der Waals surface area (Å²) in [4.78, 5) is 0. The van der Waals surface area contributed by atoms with Crippen molar-refractivity contribution in [1.29, 1.82) is 0 Å². The van der Waals surface area contributed by atoms with Crippen molar-refractivity contribution in [2.24, 2.45) is 29.1 Å². The third-order valence-electron chi connectivity index (χ3n) is 7.57. The van der Waals surface area contributed by atoms with Crippen LogP contribution < -0.4 is 0 Å². The Bertz CT molecular complexity index is 272. The normalized spacial score (nSPS) is 34.9. The summed E-state index contributed by atoms with van der Waals surface area (Å²) in [6.45, 7) is 9.79. The third kappa shape index (κ3) is 4.73. The van der Waals surface area contributed by atoms with Gasteiger partial charge < -0.3 is 0 Å². The van der Waals surface area contributed by atoms with Crippen molar-refractivity contribution in [1.82, 2.24) is 0 Å². The maximum atomic E-state index is 2.54. The summed E-state index contributed by atoms with van der Waals surface area (Å²) in [6.07, 6.45) is 18.0. The first kappa shape index (κ1) is 17.4. The highest BCUT2D eigenvalue weighted by atomic mass is 14.4. The quantitative estimate of drug-likeness (QED) is 0.484. The molecule has 0 spiro atoms. The van der Waals surface area contributed by atoms with Crippen molar-refractivity contribution in [3.8, 4) is 0 Å². The summed E-state index contributed by atoms with van der Waals surface area (Å²) in [7, 11) is 0. The topological polar surface area (TPSA) is 0 Å². The zero-order chi connectivity index (χ0) is 15.3. The molecular formula is C21H40. The fraction of sp³-hybridized carbons (Fsp3) is 1.00. The lowest BCUT2D eigenvalue weighted by atomic mass is 9.64. The molecule has 0 aromatic carbocycles. The van der Waals surface area contributed by atoms with Crippen molar-refractivity contribution >= 4 is 0 Å². The van der Waals surface area contributed by atoms with E-state index in [1.54, 1.807) is 12.8 Å². The molecule has 0 aliphatic heterocycles. The minimum Gasteiger partial charge on any atom is -0.0649 e. The van der Waals surface area contributed by atoms with Crippen LogP contribution in [0.15, 0.2) is 0 Å². The molecule has 2 saturated carbocycles. The highest BCUT2D eigenvalue weighted by Crippen LogP contribution is 2.45. The van der Waals surface area contributed by atoms with Gasteiger partial charge in [0.25, 0.3) is 0 Å². The summed E-state index contributed by atoms with van der Waals surface area (Å²) in [5.74, 6) is 4.17. The molecule has 0 radical (unpaired) electrons. The summed E-state index contributed by atoms with van der Waals surface area (Å²) in [5, 5.41) is 0. The third-order valence-corrected chi connectivity index (χ3v) is 7.57. The Kier molecular flexibility index (Phi) is 6.63. The van der Waals surface area contributed by atoms with Gasteiger partial charge in [-0.25, -0.2) is 0 Å². The molecule has 2 aliphatic carbocycles. The van der Waals surface area contributed by atoms with Crippen LogP contribution in [0.5, 0.6) is 0 Å². The maximum absolute atomic E-state index is 2.54. The number of rotatable bonds is 6. The monoisotopic (exact) mass is 292 g/mol. The molecule has 0 amide bonds. The molecule has 2 fully saturated rings. The van der Waals surface area contributed by atoms with Gasteiger partial charge >= 0.3 is 0 Å². The minimum atomic E-state index is 0.629. The van der Waals surface area contributed by atoms with Crippen LogP contribution in [0.4, 0.5) is 0 Å². The van der Waals surface area contributed by atoms with Crippen LogP contribution in [-0.2, 0) is 0 Å². The molecule has 0 aromatic rings. The van der Waals surface area contributed by atoms with Gasteiger partial charge in [0, 0.05) is 0 Å². The molecule has 0 N–H and O–H groups in total. The Morgan fingerprint density at radius 3 is 1.57 bits per heavy atom. The largest absolute Gasteiger partial charge is 0.0649 e. The van der Waals surface area contributed by atoms with Gasteiger partial charge in [-0.3, -0.25) is 0 Å². The average molecular weight is 293 g/mol. The summed E-state index contributed by atoms with van der Waals surface area (Å²) in [5.41, 5.74) is 0.629. The Labute approximate surface area is 134 Å². The zero-order valence-electron chi connectivity index (χ0n) is 15.3. The molecule has 0 nitrogen and oxygen atoms in total. The van der Waals surface area contributed by atoms with E-state index in [4.69, 9.17) is 0 Å². The maximum Gasteiger partial charge on any atom is -0.0303 e. The van der Waals surface area contributed by atoms with Crippen LogP contribution in [0.25, 0.3) is 0 Å². The second-order valence-corrected chi connectivity index (χ2v) is 8.78. The molecule has 0 heterocycles. The highest BCUT2D eigenvalue weighted by Gasteiger charge is 2.34. The lowest BCUT2D eigenvalue weighted by Gasteiger charge is -2.41. The van der Waals surface area contributed by atoms with Crippen molar-refractivity contribution in [2.45, 2.75) is 105 Å². The minimum absolute atomic E-state index is 0.629. The predicted octanol–water partition coefficient (Wildman–Crippen LogP) is 7.23. The fourth-order valence-corrected chi connectivity index (χ4v) is 5.06. The lowest BCUT2D eigenvalue weighted by Crippen LogP contribution is -2.30. The van der Waals surface area contributed by atoms with Crippen LogP contribution in [0, 0.1) is 29.1 Å². The van der Waals surface area contributed by atoms with E-state index in [2.05, 4.69) is 27.7 Å². The van der Waals surface area contributed by atoms with E-state index < -0.39 is 0 Å². The van der Waals surface area contributed by atoms with E-state index >= 15 is 0 Å². The Morgan fingerprint density at radius 1 is 0.714 bits per heavy atom. The van der Waals surface area contributed by atoms with Gasteiger partial charge in [0.15, 0.2) is 0 Å². The lowest BCUT2D eigenvalue weighted by molar-refractivity contribution is 0.100. The van der Waals surface area contributed by atoms with Crippen LogP contribution in [0.3, 0.4) is 0 Å². The van der Waals surface area contributed by atoms with E-state index in [0.29, 0.717) is 5.41 Å². The molecule has 0 unspecified atom stereocenters. The second-order valence-electron chi connectivity index (χ2n) is 8.78. The molecule has 0 heteroatoms. The molecule has 0 aromatic heterocycles. The molecule has 2 aliphatic rings. The van der Waals surface area contributed by atoms with Crippen molar-refractivity contribution in [3.63, 3.8) is 0 Å². The summed E-state index contributed by atoms with van der Waals surface area (Å²) in [6, 6.07) is 0. The number of hydrogen-bond acceptors (Lipinski definition) is 0. The first-order chi connectivity index (χ1) is 10.1. The standard InChI is InChI=1S/C21H40/c1-5-21(4,6-2)20-15-13-19(14-16-20)12-11-18-9-7-17(3)8-10-18/h17-20H,5-16H2,1-4H3. The van der Waals surface area contributed by atoms with E-state index in [0.717, 1.165) is 23.7 Å². The SMILES string of the molecule is CCC(C)(CC)C1CCC(CCC2CCC(C)CC2)CC1. The molecule has 0 saturated heterocycles. The molecule has 0 atom stereocenters. The van der Waals surface area contributed by atoms with Crippen LogP contribution >= 0.6 is 0 Å². The summed E-state index contributed by atoms with van der Waals surface area (Å²) >= 11 is 0. The van der Waals surface area contributed by atoms with Gasteiger partial charge in [-0.2, -0.15) is 0 Å². The van der Waals surface area contributed by atoms with E-state index in [1.165, 1.54) is 64.2 Å². The molecule has 2 rings (SSSR count). The number of hydrogen-bond donors (Lipinski definition) is 0. The fourth-order valence-electron chi connectivity index (χ4n) is 5.06. The van der Waals surface area contributed by atoms with E-state index in [9.17, 15) is 0 Å². The van der Waals surface area contributed by atoms with Gasteiger partial charge in [-0.15, -0.1) is 0 Å². The van der Waals surface area contributed by atoms with Crippen molar-refractivity contribution < 1.29 is 0 Å². The molecule has 124 valence electrons. The van der Waals surface area contributed by atoms with Gasteiger partial charge in [0.2, 0.25) is 0 Å². The van der Waals surface area contributed by atoms with Gasteiger partial charge in [-0.05, 0) is 41.9 Å². The molecular weight excluding hydrogens is 252 g/mol. The van der Waals surface area contributed by atoms with Gasteiger partial charge in [0.1, 0.15) is 0 Å². The smallest absolute Gasteiger partial charge is 0.0303 e. The predicted molar refractivity (Wildman–Crippen MR) is 94.5 cm³/mol. The van der Waals surface area contributed by atoms with Gasteiger partial charge in [-0.1, -0.05) is 91.9 Å². The Hall–Kier alpha value is 0. The molecule has 21 heavy (non-hydrogen) atoms. The molecule has 0 bridgehead atoms.